The highest BCUT2D eigenvalue weighted by Crippen LogP contribution is 2.35. The van der Waals surface area contributed by atoms with E-state index in [4.69, 9.17) is 5.11 Å². The van der Waals surface area contributed by atoms with Crippen molar-refractivity contribution in [3.05, 3.63) is 89.7 Å². The van der Waals surface area contributed by atoms with E-state index < -0.39 is 43.3 Å². The van der Waals surface area contributed by atoms with Gasteiger partial charge in [-0.2, -0.15) is 13.2 Å². The van der Waals surface area contributed by atoms with Crippen LogP contribution in [0.2, 0.25) is 0 Å². The SMILES string of the molecule is O=C(O)c1ccc(-n2nnc(S(=O)(=O)c3cccc(C(F)(F)F)c3)c2-c2ccc(F)cc2)cc1. The first-order valence-electron chi connectivity index (χ1n) is 9.46. The molecular formula is C22H13F4N3O4S. The quantitative estimate of drug-likeness (QED) is 0.409. The van der Waals surface area contributed by atoms with Gasteiger partial charge in [0.1, 0.15) is 11.5 Å². The van der Waals surface area contributed by atoms with Crippen molar-refractivity contribution in [1.29, 1.82) is 0 Å². The maximum Gasteiger partial charge on any atom is 0.416 e. The molecule has 1 N–H and O–H groups in total. The van der Waals surface area contributed by atoms with Gasteiger partial charge in [-0.15, -0.1) is 5.10 Å². The topological polar surface area (TPSA) is 102 Å². The van der Waals surface area contributed by atoms with Crippen molar-refractivity contribution in [3.8, 4) is 16.9 Å². The Labute approximate surface area is 189 Å². The monoisotopic (exact) mass is 491 g/mol. The number of rotatable bonds is 5. The fraction of sp³-hybridized carbons (Fsp3) is 0.0455. The molecule has 4 rings (SSSR count). The first-order valence-corrected chi connectivity index (χ1v) is 10.9. The molecule has 7 nitrogen and oxygen atoms in total. The molecule has 0 aliphatic rings. The van der Waals surface area contributed by atoms with Crippen molar-refractivity contribution in [2.75, 3.05) is 0 Å². The molecule has 1 aromatic heterocycles. The van der Waals surface area contributed by atoms with Gasteiger partial charge in [0.2, 0.25) is 14.9 Å². The number of carbonyl (C=O) groups is 1. The van der Waals surface area contributed by atoms with Gasteiger partial charge in [0.15, 0.2) is 0 Å². The van der Waals surface area contributed by atoms with Crippen LogP contribution in [0, 0.1) is 5.82 Å². The fourth-order valence-electron chi connectivity index (χ4n) is 3.18. The minimum Gasteiger partial charge on any atom is -0.478 e. The lowest BCUT2D eigenvalue weighted by Crippen LogP contribution is -2.09. The van der Waals surface area contributed by atoms with Crippen molar-refractivity contribution < 1.29 is 35.9 Å². The van der Waals surface area contributed by atoms with E-state index >= 15 is 0 Å². The minimum absolute atomic E-state index is 0.0380. The number of benzene rings is 3. The van der Waals surface area contributed by atoms with E-state index in [1.807, 2.05) is 0 Å². The molecule has 4 aromatic rings. The Hall–Kier alpha value is -4.06. The van der Waals surface area contributed by atoms with Crippen LogP contribution in [-0.2, 0) is 16.0 Å². The first kappa shape index (κ1) is 23.1. The zero-order valence-electron chi connectivity index (χ0n) is 16.9. The molecule has 0 radical (unpaired) electrons. The molecule has 0 spiro atoms. The molecule has 0 fully saturated rings. The van der Waals surface area contributed by atoms with E-state index in [1.54, 1.807) is 0 Å². The minimum atomic E-state index is -4.77. The number of alkyl halides is 3. The maximum atomic E-state index is 13.5. The third kappa shape index (κ3) is 4.27. The smallest absolute Gasteiger partial charge is 0.416 e. The van der Waals surface area contributed by atoms with E-state index in [2.05, 4.69) is 10.3 Å². The summed E-state index contributed by atoms with van der Waals surface area (Å²) in [7, 11) is -4.60. The number of nitrogens with zero attached hydrogens (tertiary/aromatic N) is 3. The lowest BCUT2D eigenvalue weighted by Gasteiger charge is -2.11. The number of aromatic nitrogens is 3. The number of aromatic carboxylic acids is 1. The molecule has 1 heterocycles. The van der Waals surface area contributed by atoms with E-state index in [0.717, 1.165) is 35.0 Å². The van der Waals surface area contributed by atoms with E-state index in [0.29, 0.717) is 6.07 Å². The highest BCUT2D eigenvalue weighted by molar-refractivity contribution is 7.91. The number of carboxylic acids is 1. The average molecular weight is 491 g/mol. The predicted molar refractivity (Wildman–Crippen MR) is 111 cm³/mol. The molecule has 34 heavy (non-hydrogen) atoms. The van der Waals surface area contributed by atoms with Crippen LogP contribution >= 0.6 is 0 Å². The second-order valence-electron chi connectivity index (χ2n) is 7.04. The van der Waals surface area contributed by atoms with Gasteiger partial charge in [-0.25, -0.2) is 22.3 Å². The van der Waals surface area contributed by atoms with Crippen molar-refractivity contribution in [3.63, 3.8) is 0 Å². The van der Waals surface area contributed by atoms with Crippen LogP contribution in [0.15, 0.2) is 82.7 Å². The van der Waals surface area contributed by atoms with Gasteiger partial charge in [-0.05, 0) is 66.7 Å². The molecule has 0 bridgehead atoms. The second-order valence-corrected chi connectivity index (χ2v) is 8.91. The van der Waals surface area contributed by atoms with Crippen LogP contribution in [0.1, 0.15) is 15.9 Å². The largest absolute Gasteiger partial charge is 0.478 e. The summed E-state index contributed by atoms with van der Waals surface area (Å²) >= 11 is 0. The number of sulfone groups is 1. The molecular weight excluding hydrogens is 478 g/mol. The van der Waals surface area contributed by atoms with Crippen LogP contribution in [-0.4, -0.2) is 34.5 Å². The van der Waals surface area contributed by atoms with Crippen LogP contribution in [0.3, 0.4) is 0 Å². The zero-order valence-corrected chi connectivity index (χ0v) is 17.7. The highest BCUT2D eigenvalue weighted by atomic mass is 32.2. The van der Waals surface area contributed by atoms with Crippen LogP contribution in [0.5, 0.6) is 0 Å². The normalized spacial score (nSPS) is 12.0. The van der Waals surface area contributed by atoms with Crippen LogP contribution < -0.4 is 0 Å². The Bertz CT molecular complexity index is 1480. The summed E-state index contributed by atoms with van der Waals surface area (Å²) in [5, 5.41) is 16.0. The molecule has 0 saturated carbocycles. The molecule has 0 amide bonds. The van der Waals surface area contributed by atoms with Gasteiger partial charge in [0.05, 0.1) is 21.7 Å². The Morgan fingerprint density at radius 2 is 1.59 bits per heavy atom. The summed E-state index contributed by atoms with van der Waals surface area (Å²) in [4.78, 5) is 10.5. The summed E-state index contributed by atoms with van der Waals surface area (Å²) < 4.78 is 80.7. The first-order chi connectivity index (χ1) is 16.0. The van der Waals surface area contributed by atoms with E-state index in [1.165, 1.54) is 36.4 Å². The zero-order chi connectivity index (χ0) is 24.7. The predicted octanol–water partition coefficient (Wildman–Crippen LogP) is 4.62. The van der Waals surface area contributed by atoms with Crippen molar-refractivity contribution in [2.24, 2.45) is 0 Å². The Balaban J connectivity index is 1.93. The summed E-state index contributed by atoms with van der Waals surface area (Å²) in [6.45, 7) is 0. The molecule has 0 aliphatic heterocycles. The standard InChI is InChI=1S/C22H13F4N3O4S/c23-16-8-4-13(5-9-16)19-20(27-28-29(19)17-10-6-14(7-11-17)21(30)31)34(32,33)18-3-1-2-15(12-18)22(24,25)26/h1-12H,(H,30,31). The van der Waals surface area contributed by atoms with Gasteiger partial charge < -0.3 is 5.11 Å². The van der Waals surface area contributed by atoms with Crippen LogP contribution in [0.25, 0.3) is 16.9 Å². The van der Waals surface area contributed by atoms with Crippen molar-refractivity contribution in [2.45, 2.75) is 16.1 Å². The highest BCUT2D eigenvalue weighted by Gasteiger charge is 2.34. The van der Waals surface area contributed by atoms with Gasteiger partial charge in [0, 0.05) is 5.56 Å². The molecule has 0 unspecified atom stereocenters. The van der Waals surface area contributed by atoms with Gasteiger partial charge in [-0.1, -0.05) is 11.3 Å². The summed E-state index contributed by atoms with van der Waals surface area (Å²) in [6, 6.07) is 13.1. The molecule has 0 saturated heterocycles. The lowest BCUT2D eigenvalue weighted by molar-refractivity contribution is -0.137. The van der Waals surface area contributed by atoms with Crippen LogP contribution in [0.4, 0.5) is 17.6 Å². The van der Waals surface area contributed by atoms with Crippen molar-refractivity contribution >= 4 is 15.8 Å². The third-order valence-electron chi connectivity index (χ3n) is 4.84. The summed E-state index contributed by atoms with van der Waals surface area (Å²) in [6.07, 6.45) is -4.77. The Morgan fingerprint density at radius 1 is 0.941 bits per heavy atom. The van der Waals surface area contributed by atoms with Crippen molar-refractivity contribution in [1.82, 2.24) is 15.0 Å². The number of hydrogen-bond acceptors (Lipinski definition) is 5. The van der Waals surface area contributed by atoms with Gasteiger partial charge in [-0.3, -0.25) is 0 Å². The molecule has 174 valence electrons. The number of halogens is 4. The lowest BCUT2D eigenvalue weighted by atomic mass is 10.1. The van der Waals surface area contributed by atoms with E-state index in [9.17, 15) is 30.8 Å². The third-order valence-corrected chi connectivity index (χ3v) is 6.50. The van der Waals surface area contributed by atoms with Gasteiger partial charge in [0.25, 0.3) is 0 Å². The second kappa shape index (κ2) is 8.37. The maximum absolute atomic E-state index is 13.5. The Morgan fingerprint density at radius 3 is 2.18 bits per heavy atom. The summed E-state index contributed by atoms with van der Waals surface area (Å²) in [5.74, 6) is -1.78. The number of hydrogen-bond donors (Lipinski definition) is 1. The van der Waals surface area contributed by atoms with E-state index in [-0.39, 0.29) is 22.5 Å². The fourth-order valence-corrected chi connectivity index (χ4v) is 4.55. The molecule has 0 atom stereocenters. The molecule has 3 aromatic carbocycles. The summed E-state index contributed by atoms with van der Waals surface area (Å²) in [5.41, 5.74) is -0.945. The molecule has 12 heteroatoms. The van der Waals surface area contributed by atoms with Gasteiger partial charge >= 0.3 is 12.1 Å². The molecule has 0 aliphatic carbocycles. The number of carboxylic acid groups (broad SMARTS) is 1. The Kier molecular flexibility index (Phi) is 5.69. The average Bonchev–Trinajstić information content (AvgIpc) is 3.25.